The van der Waals surface area contributed by atoms with Gasteiger partial charge in [-0.25, -0.2) is 4.39 Å². The van der Waals surface area contributed by atoms with E-state index in [1.165, 1.54) is 6.07 Å². The van der Waals surface area contributed by atoms with Crippen LogP contribution in [0.2, 0.25) is 0 Å². The number of halogens is 4. The van der Waals surface area contributed by atoms with Gasteiger partial charge in [0.1, 0.15) is 5.82 Å². The highest BCUT2D eigenvalue weighted by atomic mass is 19.4. The van der Waals surface area contributed by atoms with Crippen LogP contribution in [0.4, 0.5) is 17.6 Å². The number of carbonyl (C=O) groups excluding carboxylic acids is 1. The summed E-state index contributed by atoms with van der Waals surface area (Å²) in [6.07, 6.45) is -3.28. The molecule has 0 aromatic heterocycles. The van der Waals surface area contributed by atoms with Crippen molar-refractivity contribution in [3.63, 3.8) is 0 Å². The normalized spacial score (nSPS) is 21.4. The van der Waals surface area contributed by atoms with E-state index < -0.39 is 23.4 Å². The predicted octanol–water partition coefficient (Wildman–Crippen LogP) is 4.49. The van der Waals surface area contributed by atoms with Crippen LogP contribution in [-0.4, -0.2) is 30.7 Å². The first-order valence-corrected chi connectivity index (χ1v) is 10.0. The van der Waals surface area contributed by atoms with Crippen molar-refractivity contribution < 1.29 is 22.4 Å². The van der Waals surface area contributed by atoms with E-state index in [4.69, 9.17) is 5.26 Å². The maximum atomic E-state index is 14.7. The summed E-state index contributed by atoms with van der Waals surface area (Å²) in [5.74, 6) is -2.53. The number of hydrogen-bond acceptors (Lipinski definition) is 3. The molecule has 2 aromatic rings. The van der Waals surface area contributed by atoms with Gasteiger partial charge in [0.15, 0.2) is 0 Å². The molecule has 2 aromatic carbocycles. The highest BCUT2D eigenvalue weighted by molar-refractivity contribution is 5.82. The first-order chi connectivity index (χ1) is 14.7. The van der Waals surface area contributed by atoms with Crippen molar-refractivity contribution in [3.05, 3.63) is 59.4 Å². The lowest BCUT2D eigenvalue weighted by Crippen LogP contribution is -2.57. The number of alkyl halides is 3. The van der Waals surface area contributed by atoms with Crippen LogP contribution in [0, 0.1) is 17.1 Å². The van der Waals surface area contributed by atoms with E-state index in [0.29, 0.717) is 36.8 Å². The van der Waals surface area contributed by atoms with Gasteiger partial charge in [-0.05, 0) is 80.1 Å². The Balaban J connectivity index is 1.91. The lowest BCUT2D eigenvalue weighted by atomic mass is 9.75. The van der Waals surface area contributed by atoms with Gasteiger partial charge in [-0.3, -0.25) is 4.79 Å². The lowest BCUT2D eigenvalue weighted by Gasteiger charge is -2.41. The Labute approximate surface area is 178 Å². The molecule has 164 valence electrons. The van der Waals surface area contributed by atoms with Gasteiger partial charge in [-0.1, -0.05) is 18.2 Å². The minimum Gasteiger partial charge on any atom is -0.343 e. The van der Waals surface area contributed by atoms with E-state index in [1.807, 2.05) is 6.07 Å². The van der Waals surface area contributed by atoms with Crippen molar-refractivity contribution in [2.45, 2.75) is 49.9 Å². The fraction of sp³-hybridized carbons (Fsp3) is 0.391. The van der Waals surface area contributed by atoms with Gasteiger partial charge >= 0.3 is 12.1 Å². The van der Waals surface area contributed by atoms with E-state index in [2.05, 4.69) is 10.6 Å². The summed E-state index contributed by atoms with van der Waals surface area (Å²) in [7, 11) is 1.78. The minimum absolute atomic E-state index is 0.0405. The minimum atomic E-state index is -5.00. The number of nitrogens with one attached hydrogen (secondary N) is 2. The zero-order chi connectivity index (χ0) is 22.6. The molecule has 1 saturated carbocycles. The molecule has 8 heteroatoms. The van der Waals surface area contributed by atoms with Crippen LogP contribution < -0.4 is 10.6 Å². The second-order valence-electron chi connectivity index (χ2n) is 7.97. The van der Waals surface area contributed by atoms with Crippen molar-refractivity contribution in [2.75, 3.05) is 7.05 Å². The Bertz CT molecular complexity index is 972. The number of rotatable bonds is 5. The van der Waals surface area contributed by atoms with E-state index in [-0.39, 0.29) is 18.0 Å². The number of amides is 1. The molecule has 3 rings (SSSR count). The predicted molar refractivity (Wildman–Crippen MR) is 108 cm³/mol. The molecular formula is C23H23F4N3O. The SMILES string of the molecule is CNC1CCC(Cc2cc(-c3ccc(C#N)cc3)ccc2F)(NC(=O)C(F)(F)F)CC1. The van der Waals surface area contributed by atoms with Gasteiger partial charge in [0.2, 0.25) is 0 Å². The topological polar surface area (TPSA) is 64.9 Å². The summed E-state index contributed by atoms with van der Waals surface area (Å²) in [6, 6.07) is 13.4. The van der Waals surface area contributed by atoms with Crippen molar-refractivity contribution in [1.29, 1.82) is 5.26 Å². The first kappa shape index (κ1) is 22.8. The number of carbonyl (C=O) groups is 1. The van der Waals surface area contributed by atoms with Crippen LogP contribution in [0.5, 0.6) is 0 Å². The smallest absolute Gasteiger partial charge is 0.343 e. The Morgan fingerprint density at radius 2 is 1.74 bits per heavy atom. The molecule has 0 heterocycles. The molecule has 1 aliphatic carbocycles. The van der Waals surface area contributed by atoms with Gasteiger partial charge in [0.25, 0.3) is 0 Å². The molecule has 0 saturated heterocycles. The third-order valence-corrected chi connectivity index (χ3v) is 5.91. The molecule has 1 aliphatic rings. The Morgan fingerprint density at radius 1 is 1.13 bits per heavy atom. The molecule has 0 unspecified atom stereocenters. The second kappa shape index (κ2) is 9.06. The van der Waals surface area contributed by atoms with Crippen molar-refractivity contribution in [2.24, 2.45) is 0 Å². The maximum Gasteiger partial charge on any atom is 0.471 e. The number of nitriles is 1. The van der Waals surface area contributed by atoms with E-state index in [9.17, 15) is 22.4 Å². The molecule has 4 nitrogen and oxygen atoms in total. The van der Waals surface area contributed by atoms with E-state index in [1.54, 1.807) is 43.4 Å². The number of nitrogens with zero attached hydrogens (tertiary/aromatic N) is 1. The van der Waals surface area contributed by atoms with Crippen molar-refractivity contribution in [3.8, 4) is 17.2 Å². The average molecular weight is 433 g/mol. The van der Waals surface area contributed by atoms with Crippen molar-refractivity contribution >= 4 is 5.91 Å². The first-order valence-electron chi connectivity index (χ1n) is 10.0. The molecule has 0 aliphatic heterocycles. The van der Waals surface area contributed by atoms with Crippen LogP contribution >= 0.6 is 0 Å². The van der Waals surface area contributed by atoms with Crippen LogP contribution in [-0.2, 0) is 11.2 Å². The highest BCUT2D eigenvalue weighted by Gasteiger charge is 2.45. The summed E-state index contributed by atoms with van der Waals surface area (Å²) < 4.78 is 53.5. The van der Waals surface area contributed by atoms with Gasteiger partial charge in [-0.2, -0.15) is 18.4 Å². The summed E-state index contributed by atoms with van der Waals surface area (Å²) >= 11 is 0. The fourth-order valence-electron chi connectivity index (χ4n) is 4.11. The summed E-state index contributed by atoms with van der Waals surface area (Å²) in [5, 5.41) is 14.2. The van der Waals surface area contributed by atoms with E-state index >= 15 is 0 Å². The zero-order valence-electron chi connectivity index (χ0n) is 17.0. The largest absolute Gasteiger partial charge is 0.471 e. The highest BCUT2D eigenvalue weighted by Crippen LogP contribution is 2.34. The average Bonchev–Trinajstić information content (AvgIpc) is 2.75. The van der Waals surface area contributed by atoms with E-state index in [0.717, 1.165) is 5.56 Å². The zero-order valence-corrected chi connectivity index (χ0v) is 17.0. The molecule has 1 amide bonds. The monoisotopic (exact) mass is 433 g/mol. The molecule has 31 heavy (non-hydrogen) atoms. The molecule has 2 N–H and O–H groups in total. The second-order valence-corrected chi connectivity index (χ2v) is 7.97. The third-order valence-electron chi connectivity index (χ3n) is 5.91. The summed E-state index contributed by atoms with van der Waals surface area (Å²) in [4.78, 5) is 11.7. The van der Waals surface area contributed by atoms with Crippen LogP contribution in [0.25, 0.3) is 11.1 Å². The van der Waals surface area contributed by atoms with Crippen LogP contribution in [0.3, 0.4) is 0 Å². The molecule has 0 bridgehead atoms. The molecular weight excluding hydrogens is 410 g/mol. The number of hydrogen-bond donors (Lipinski definition) is 2. The van der Waals surface area contributed by atoms with Crippen molar-refractivity contribution in [1.82, 2.24) is 10.6 Å². The molecule has 1 fully saturated rings. The molecule has 0 spiro atoms. The number of benzene rings is 2. The van der Waals surface area contributed by atoms with Gasteiger partial charge in [0, 0.05) is 11.6 Å². The standard InChI is InChI=1S/C23H23F4N3O/c1-29-19-8-10-22(11-9-19,30-21(31)23(25,26)27)13-18-12-17(6-7-20(18)24)16-4-2-15(14-28)3-5-16/h2-7,12,19,29H,8-11,13H2,1H3,(H,30,31). The summed E-state index contributed by atoms with van der Waals surface area (Å²) in [6.45, 7) is 0. The molecule has 0 atom stereocenters. The van der Waals surface area contributed by atoms with Crippen LogP contribution in [0.15, 0.2) is 42.5 Å². The summed E-state index contributed by atoms with van der Waals surface area (Å²) in [5.41, 5.74) is 0.993. The Hall–Kier alpha value is -2.92. The van der Waals surface area contributed by atoms with Gasteiger partial charge in [-0.15, -0.1) is 0 Å². The van der Waals surface area contributed by atoms with Gasteiger partial charge in [0.05, 0.1) is 11.6 Å². The van der Waals surface area contributed by atoms with Gasteiger partial charge < -0.3 is 10.6 Å². The molecule has 0 radical (unpaired) electrons. The Kier molecular flexibility index (Phi) is 6.65. The Morgan fingerprint density at radius 3 is 2.29 bits per heavy atom. The quantitative estimate of drug-likeness (QED) is 0.683. The third kappa shape index (κ3) is 5.42. The lowest BCUT2D eigenvalue weighted by molar-refractivity contribution is -0.176. The maximum absolute atomic E-state index is 14.7. The van der Waals surface area contributed by atoms with Crippen LogP contribution in [0.1, 0.15) is 36.8 Å². The fourth-order valence-corrected chi connectivity index (χ4v) is 4.11.